The van der Waals surface area contributed by atoms with Crippen molar-refractivity contribution < 1.29 is 9.90 Å². The van der Waals surface area contributed by atoms with Gasteiger partial charge >= 0.3 is 0 Å². The van der Waals surface area contributed by atoms with Crippen molar-refractivity contribution in [3.63, 3.8) is 0 Å². The number of carbonyl (C=O) groups excluding carboxylic acids is 1. The van der Waals surface area contributed by atoms with Gasteiger partial charge in [-0.2, -0.15) is 5.10 Å². The number of benzene rings is 1. The molecule has 0 radical (unpaired) electrons. The Labute approximate surface area is 146 Å². The number of carbonyl (C=O) groups is 1. The van der Waals surface area contributed by atoms with Crippen LogP contribution in [0.15, 0.2) is 29.1 Å². The average molecular weight is 344 g/mol. The SMILES string of the molecule is CCC(O)CN1CCN(C(=O)Cc2n[nH]c(=O)c3ccccc23)CC1. The average Bonchev–Trinajstić information content (AvgIpc) is 2.64. The van der Waals surface area contributed by atoms with Gasteiger partial charge in [0.25, 0.3) is 5.56 Å². The topological polar surface area (TPSA) is 89.5 Å². The van der Waals surface area contributed by atoms with E-state index in [1.807, 2.05) is 24.0 Å². The summed E-state index contributed by atoms with van der Waals surface area (Å²) >= 11 is 0. The Kier molecular flexibility index (Phi) is 5.45. The lowest BCUT2D eigenvalue weighted by Gasteiger charge is -2.35. The Bertz CT molecular complexity index is 796. The summed E-state index contributed by atoms with van der Waals surface area (Å²) in [6.45, 7) is 5.45. The molecule has 1 fully saturated rings. The third kappa shape index (κ3) is 4.05. The van der Waals surface area contributed by atoms with Crippen LogP contribution in [0.1, 0.15) is 19.0 Å². The highest BCUT2D eigenvalue weighted by atomic mass is 16.3. The van der Waals surface area contributed by atoms with Crippen LogP contribution >= 0.6 is 0 Å². The minimum absolute atomic E-state index is 0.0143. The summed E-state index contributed by atoms with van der Waals surface area (Å²) < 4.78 is 0. The number of nitrogens with one attached hydrogen (secondary N) is 1. The number of aromatic amines is 1. The van der Waals surface area contributed by atoms with E-state index < -0.39 is 0 Å². The predicted octanol–water partition coefficient (Wildman–Crippen LogP) is 0.381. The molecule has 1 aromatic carbocycles. The fraction of sp³-hybridized carbons (Fsp3) is 0.500. The highest BCUT2D eigenvalue weighted by Gasteiger charge is 2.23. The number of piperazine rings is 1. The molecule has 2 N–H and O–H groups in total. The Morgan fingerprint density at radius 3 is 2.60 bits per heavy atom. The van der Waals surface area contributed by atoms with Gasteiger partial charge in [0.2, 0.25) is 5.91 Å². The number of aliphatic hydroxyl groups is 1. The molecule has 0 saturated carbocycles. The molecule has 0 aliphatic carbocycles. The molecule has 1 unspecified atom stereocenters. The molecule has 1 aliphatic rings. The third-order valence-corrected chi connectivity index (χ3v) is 4.76. The van der Waals surface area contributed by atoms with E-state index in [0.29, 0.717) is 30.7 Å². The first-order chi connectivity index (χ1) is 12.1. The van der Waals surface area contributed by atoms with Crippen LogP contribution in [-0.2, 0) is 11.2 Å². The quantitative estimate of drug-likeness (QED) is 0.819. The fourth-order valence-corrected chi connectivity index (χ4v) is 3.17. The fourth-order valence-electron chi connectivity index (χ4n) is 3.17. The molecular weight excluding hydrogens is 320 g/mol. The molecule has 2 heterocycles. The van der Waals surface area contributed by atoms with E-state index in [0.717, 1.165) is 24.9 Å². The number of hydrogen-bond acceptors (Lipinski definition) is 5. The van der Waals surface area contributed by atoms with Gasteiger partial charge in [0, 0.05) is 38.1 Å². The monoisotopic (exact) mass is 344 g/mol. The van der Waals surface area contributed by atoms with Gasteiger partial charge in [-0.15, -0.1) is 0 Å². The number of β-amino-alcohol motifs (C(OH)–C–C–N with tert-alkyl or cyclic N) is 1. The van der Waals surface area contributed by atoms with Gasteiger partial charge in [-0.25, -0.2) is 5.10 Å². The molecule has 1 aromatic heterocycles. The second kappa shape index (κ2) is 7.76. The summed E-state index contributed by atoms with van der Waals surface area (Å²) in [4.78, 5) is 28.5. The van der Waals surface area contributed by atoms with Crippen molar-refractivity contribution in [2.75, 3.05) is 32.7 Å². The zero-order valence-electron chi connectivity index (χ0n) is 14.4. The summed E-state index contributed by atoms with van der Waals surface area (Å²) in [5, 5.41) is 17.6. The van der Waals surface area contributed by atoms with Crippen molar-refractivity contribution in [1.82, 2.24) is 20.0 Å². The second-order valence-corrected chi connectivity index (χ2v) is 6.47. The van der Waals surface area contributed by atoms with E-state index in [1.165, 1.54) is 0 Å². The number of nitrogens with zero attached hydrogens (tertiary/aromatic N) is 3. The minimum Gasteiger partial charge on any atom is -0.392 e. The predicted molar refractivity (Wildman–Crippen MR) is 95.4 cm³/mol. The highest BCUT2D eigenvalue weighted by Crippen LogP contribution is 2.14. The van der Waals surface area contributed by atoms with E-state index in [2.05, 4.69) is 15.1 Å². The Morgan fingerprint density at radius 1 is 1.24 bits per heavy atom. The van der Waals surface area contributed by atoms with Crippen LogP contribution in [0.25, 0.3) is 10.8 Å². The highest BCUT2D eigenvalue weighted by molar-refractivity contribution is 5.88. The van der Waals surface area contributed by atoms with Gasteiger partial charge in [0.15, 0.2) is 0 Å². The summed E-state index contributed by atoms with van der Waals surface area (Å²) in [7, 11) is 0. The number of hydrogen-bond donors (Lipinski definition) is 2. The number of fused-ring (bicyclic) bond motifs is 1. The zero-order chi connectivity index (χ0) is 17.8. The van der Waals surface area contributed by atoms with Crippen LogP contribution in [0.3, 0.4) is 0 Å². The lowest BCUT2D eigenvalue weighted by atomic mass is 10.1. The van der Waals surface area contributed by atoms with E-state index in [1.54, 1.807) is 12.1 Å². The van der Waals surface area contributed by atoms with Crippen LogP contribution in [0.2, 0.25) is 0 Å². The third-order valence-electron chi connectivity index (χ3n) is 4.76. The maximum Gasteiger partial charge on any atom is 0.272 e. The number of H-pyrrole nitrogens is 1. The summed E-state index contributed by atoms with van der Waals surface area (Å²) in [5.41, 5.74) is 0.360. The molecule has 3 rings (SSSR count). The molecule has 1 aliphatic heterocycles. The second-order valence-electron chi connectivity index (χ2n) is 6.47. The van der Waals surface area contributed by atoms with E-state index >= 15 is 0 Å². The minimum atomic E-state index is -0.307. The molecule has 2 aromatic rings. The van der Waals surface area contributed by atoms with Crippen molar-refractivity contribution in [3.05, 3.63) is 40.3 Å². The van der Waals surface area contributed by atoms with Crippen molar-refractivity contribution in [2.24, 2.45) is 0 Å². The molecule has 7 nitrogen and oxygen atoms in total. The molecule has 25 heavy (non-hydrogen) atoms. The van der Waals surface area contributed by atoms with Crippen molar-refractivity contribution in [2.45, 2.75) is 25.9 Å². The van der Waals surface area contributed by atoms with Crippen LogP contribution in [-0.4, -0.2) is 69.8 Å². The van der Waals surface area contributed by atoms with Gasteiger partial charge in [0.05, 0.1) is 23.6 Å². The lowest BCUT2D eigenvalue weighted by molar-refractivity contribution is -0.132. The Balaban J connectivity index is 1.64. The molecule has 0 spiro atoms. The maximum absolute atomic E-state index is 12.6. The first-order valence-electron chi connectivity index (χ1n) is 8.73. The van der Waals surface area contributed by atoms with Gasteiger partial charge in [-0.3, -0.25) is 14.5 Å². The van der Waals surface area contributed by atoms with Crippen molar-refractivity contribution in [3.8, 4) is 0 Å². The molecule has 0 bridgehead atoms. The number of aliphatic hydroxyl groups excluding tert-OH is 1. The van der Waals surface area contributed by atoms with Gasteiger partial charge in [0.1, 0.15) is 0 Å². The first kappa shape index (κ1) is 17.6. The van der Waals surface area contributed by atoms with Crippen LogP contribution in [0.5, 0.6) is 0 Å². The number of rotatable bonds is 5. The van der Waals surface area contributed by atoms with E-state index in [9.17, 15) is 14.7 Å². The van der Waals surface area contributed by atoms with Gasteiger partial charge < -0.3 is 10.0 Å². The molecule has 134 valence electrons. The van der Waals surface area contributed by atoms with Crippen molar-refractivity contribution in [1.29, 1.82) is 0 Å². The smallest absolute Gasteiger partial charge is 0.272 e. The van der Waals surface area contributed by atoms with E-state index in [4.69, 9.17) is 0 Å². The summed E-state index contributed by atoms with van der Waals surface area (Å²) in [6, 6.07) is 7.20. The maximum atomic E-state index is 12.6. The summed E-state index contributed by atoms with van der Waals surface area (Å²) in [5.74, 6) is 0.0143. The Hall–Kier alpha value is -2.25. The van der Waals surface area contributed by atoms with Crippen molar-refractivity contribution >= 4 is 16.7 Å². The number of amides is 1. The lowest BCUT2D eigenvalue weighted by Crippen LogP contribution is -2.50. The Morgan fingerprint density at radius 2 is 1.92 bits per heavy atom. The standard InChI is InChI=1S/C18H24N4O3/c1-2-13(23)12-21-7-9-22(10-8-21)17(24)11-16-14-5-3-4-6-15(14)18(25)20-19-16/h3-6,13,23H,2,7-12H2,1H3,(H,20,25). The molecule has 7 heteroatoms. The number of aromatic nitrogens is 2. The van der Waals surface area contributed by atoms with Crippen LogP contribution < -0.4 is 5.56 Å². The molecule has 1 saturated heterocycles. The normalized spacial score (nSPS) is 17.0. The molecular formula is C18H24N4O3. The first-order valence-corrected chi connectivity index (χ1v) is 8.73. The van der Waals surface area contributed by atoms with Crippen LogP contribution in [0, 0.1) is 0 Å². The zero-order valence-corrected chi connectivity index (χ0v) is 14.4. The van der Waals surface area contributed by atoms with Crippen LogP contribution in [0.4, 0.5) is 0 Å². The summed E-state index contributed by atoms with van der Waals surface area (Å²) in [6.07, 6.45) is 0.609. The van der Waals surface area contributed by atoms with E-state index in [-0.39, 0.29) is 24.0 Å². The van der Waals surface area contributed by atoms with Gasteiger partial charge in [-0.05, 0) is 12.5 Å². The van der Waals surface area contributed by atoms with Gasteiger partial charge in [-0.1, -0.05) is 25.1 Å². The largest absolute Gasteiger partial charge is 0.392 e. The molecule has 1 amide bonds. The molecule has 1 atom stereocenters.